The number of nitriles is 1. The van der Waals surface area contributed by atoms with Crippen molar-refractivity contribution in [2.24, 2.45) is 0 Å². The fourth-order valence-corrected chi connectivity index (χ4v) is 2.83. The van der Waals surface area contributed by atoms with E-state index in [1.807, 2.05) is 25.1 Å². The average molecular weight is 275 g/mol. The molecule has 4 nitrogen and oxygen atoms in total. The zero-order chi connectivity index (χ0) is 14.4. The predicted octanol–water partition coefficient (Wildman–Crippen LogP) is 1.73. The van der Waals surface area contributed by atoms with Gasteiger partial charge in [-0.3, -0.25) is 0 Å². The van der Waals surface area contributed by atoms with E-state index < -0.39 is 0 Å². The van der Waals surface area contributed by atoms with Crippen LogP contribution in [0.2, 0.25) is 0 Å². The van der Waals surface area contributed by atoms with Gasteiger partial charge >= 0.3 is 0 Å². The Balaban J connectivity index is 2.23. The number of piperidine rings is 1. The molecule has 0 aliphatic carbocycles. The standard InChI is InChI=1S/C16H22N2O2/c1-3-20-15-8-7-13(11-16(15)19-2)14(12-17)18-9-5-4-6-10-18/h7-8,11,14H,3-6,9-10H2,1-2H3/p+1/t14-/m0/s1. The third-order valence-electron chi connectivity index (χ3n) is 3.85. The third kappa shape index (κ3) is 3.23. The summed E-state index contributed by atoms with van der Waals surface area (Å²) in [5.74, 6) is 1.45. The van der Waals surface area contributed by atoms with Crippen molar-refractivity contribution in [2.75, 3.05) is 26.8 Å². The van der Waals surface area contributed by atoms with E-state index in [-0.39, 0.29) is 6.04 Å². The molecule has 1 saturated heterocycles. The molecule has 4 heteroatoms. The van der Waals surface area contributed by atoms with Crippen molar-refractivity contribution < 1.29 is 14.4 Å². The van der Waals surface area contributed by atoms with Crippen LogP contribution in [-0.4, -0.2) is 26.8 Å². The van der Waals surface area contributed by atoms with E-state index >= 15 is 0 Å². The van der Waals surface area contributed by atoms with E-state index in [1.54, 1.807) is 7.11 Å². The topological polar surface area (TPSA) is 46.7 Å². The molecule has 1 aromatic rings. The summed E-state index contributed by atoms with van der Waals surface area (Å²) in [7, 11) is 1.64. The van der Waals surface area contributed by atoms with Crippen LogP contribution < -0.4 is 14.4 Å². The van der Waals surface area contributed by atoms with Crippen LogP contribution in [0.3, 0.4) is 0 Å². The van der Waals surface area contributed by atoms with Crippen molar-refractivity contribution in [3.63, 3.8) is 0 Å². The molecule has 0 spiro atoms. The second kappa shape index (κ2) is 7.16. The minimum Gasteiger partial charge on any atom is -0.493 e. The van der Waals surface area contributed by atoms with Gasteiger partial charge in [0.05, 0.1) is 26.8 Å². The molecule has 1 aliphatic heterocycles. The summed E-state index contributed by atoms with van der Waals surface area (Å²) in [6.45, 7) is 4.71. The van der Waals surface area contributed by atoms with Crippen molar-refractivity contribution in [3.8, 4) is 17.6 Å². The SMILES string of the molecule is CCOc1ccc([C@H](C#N)[NH+]2CCCCC2)cc1OC. The summed E-state index contributed by atoms with van der Waals surface area (Å²) in [5, 5.41) is 9.53. The fourth-order valence-electron chi connectivity index (χ4n) is 2.83. The maximum atomic E-state index is 9.53. The lowest BCUT2D eigenvalue weighted by molar-refractivity contribution is -0.927. The van der Waals surface area contributed by atoms with Gasteiger partial charge in [-0.1, -0.05) is 0 Å². The number of nitrogens with zero attached hydrogens (tertiary/aromatic N) is 1. The van der Waals surface area contributed by atoms with Gasteiger partial charge in [0.15, 0.2) is 11.5 Å². The summed E-state index contributed by atoms with van der Waals surface area (Å²) >= 11 is 0. The quantitative estimate of drug-likeness (QED) is 0.890. The van der Waals surface area contributed by atoms with Crippen LogP contribution >= 0.6 is 0 Å². The molecule has 2 rings (SSSR count). The monoisotopic (exact) mass is 275 g/mol. The summed E-state index contributed by atoms with van der Waals surface area (Å²) in [5.41, 5.74) is 1.02. The van der Waals surface area contributed by atoms with Crippen LogP contribution in [0.1, 0.15) is 37.8 Å². The number of ether oxygens (including phenoxy) is 2. The Labute approximate surface area is 120 Å². The van der Waals surface area contributed by atoms with Crippen LogP contribution in [0.4, 0.5) is 0 Å². The molecule has 0 bridgehead atoms. The van der Waals surface area contributed by atoms with E-state index in [9.17, 15) is 5.26 Å². The van der Waals surface area contributed by atoms with E-state index in [2.05, 4.69) is 6.07 Å². The second-order valence-corrected chi connectivity index (χ2v) is 5.12. The van der Waals surface area contributed by atoms with Gasteiger partial charge < -0.3 is 14.4 Å². The molecule has 1 fully saturated rings. The highest BCUT2D eigenvalue weighted by atomic mass is 16.5. The number of nitrogens with one attached hydrogen (secondary N) is 1. The number of rotatable bonds is 5. The molecule has 1 aliphatic rings. The largest absolute Gasteiger partial charge is 0.493 e. The molecule has 1 N–H and O–H groups in total. The van der Waals surface area contributed by atoms with Crippen molar-refractivity contribution in [3.05, 3.63) is 23.8 Å². The number of benzene rings is 1. The second-order valence-electron chi connectivity index (χ2n) is 5.12. The molecule has 1 heterocycles. The Morgan fingerprint density at radius 3 is 2.60 bits per heavy atom. The number of methoxy groups -OCH3 is 1. The predicted molar refractivity (Wildman–Crippen MR) is 77.1 cm³/mol. The molecule has 1 atom stereocenters. The van der Waals surface area contributed by atoms with Crippen LogP contribution in [0.5, 0.6) is 11.5 Å². The van der Waals surface area contributed by atoms with Gasteiger partial charge in [0.25, 0.3) is 0 Å². The Kier molecular flexibility index (Phi) is 5.25. The zero-order valence-electron chi connectivity index (χ0n) is 12.3. The van der Waals surface area contributed by atoms with Gasteiger partial charge in [0.2, 0.25) is 6.04 Å². The molecule has 0 radical (unpaired) electrons. The highest BCUT2D eigenvalue weighted by Gasteiger charge is 2.26. The summed E-state index contributed by atoms with van der Waals surface area (Å²) in [4.78, 5) is 1.37. The third-order valence-corrected chi connectivity index (χ3v) is 3.85. The van der Waals surface area contributed by atoms with Crippen molar-refractivity contribution >= 4 is 0 Å². The molecule has 0 aromatic heterocycles. The Hall–Kier alpha value is -1.73. The molecule has 1 aromatic carbocycles. The maximum Gasteiger partial charge on any atom is 0.200 e. The number of hydrogen-bond acceptors (Lipinski definition) is 3. The van der Waals surface area contributed by atoms with Gasteiger partial charge in [0, 0.05) is 5.56 Å². The number of hydrogen-bond donors (Lipinski definition) is 1. The van der Waals surface area contributed by atoms with Crippen molar-refractivity contribution in [1.29, 1.82) is 5.26 Å². The molecule has 0 amide bonds. The summed E-state index contributed by atoms with van der Waals surface area (Å²) in [6, 6.07) is 8.19. The Morgan fingerprint density at radius 1 is 1.25 bits per heavy atom. The number of likely N-dealkylation sites (tertiary alicyclic amines) is 1. The maximum absolute atomic E-state index is 9.53. The minimum absolute atomic E-state index is 0.111. The first kappa shape index (κ1) is 14.7. The smallest absolute Gasteiger partial charge is 0.200 e. The molecule has 0 unspecified atom stereocenters. The Morgan fingerprint density at radius 2 is 2.00 bits per heavy atom. The zero-order valence-corrected chi connectivity index (χ0v) is 12.3. The average Bonchev–Trinajstić information content (AvgIpc) is 2.50. The van der Waals surface area contributed by atoms with Gasteiger partial charge in [-0.05, 0) is 44.4 Å². The first-order valence-electron chi connectivity index (χ1n) is 7.35. The first-order valence-corrected chi connectivity index (χ1v) is 7.35. The Bertz CT molecular complexity index is 476. The van der Waals surface area contributed by atoms with Gasteiger partial charge in [-0.2, -0.15) is 5.26 Å². The van der Waals surface area contributed by atoms with Crippen LogP contribution in [0.25, 0.3) is 0 Å². The van der Waals surface area contributed by atoms with Crippen LogP contribution in [0.15, 0.2) is 18.2 Å². The first-order chi connectivity index (χ1) is 9.80. The van der Waals surface area contributed by atoms with Gasteiger partial charge in [-0.25, -0.2) is 0 Å². The van der Waals surface area contributed by atoms with E-state index in [0.29, 0.717) is 12.4 Å². The van der Waals surface area contributed by atoms with Gasteiger partial charge in [0.1, 0.15) is 6.07 Å². The van der Waals surface area contributed by atoms with E-state index in [0.717, 1.165) is 24.4 Å². The molecular formula is C16H23N2O2+. The van der Waals surface area contributed by atoms with Crippen LogP contribution in [-0.2, 0) is 0 Å². The molecule has 0 saturated carbocycles. The highest BCUT2D eigenvalue weighted by Crippen LogP contribution is 2.29. The number of quaternary nitrogens is 1. The molecule has 20 heavy (non-hydrogen) atoms. The lowest BCUT2D eigenvalue weighted by Crippen LogP contribution is -3.13. The summed E-state index contributed by atoms with van der Waals surface area (Å²) < 4.78 is 10.9. The van der Waals surface area contributed by atoms with E-state index in [1.165, 1.54) is 24.2 Å². The molecule has 108 valence electrons. The van der Waals surface area contributed by atoms with Crippen molar-refractivity contribution in [1.82, 2.24) is 0 Å². The highest BCUT2D eigenvalue weighted by molar-refractivity contribution is 5.44. The molecular weight excluding hydrogens is 252 g/mol. The normalized spacial score (nSPS) is 17.2. The summed E-state index contributed by atoms with van der Waals surface area (Å²) in [6.07, 6.45) is 3.71. The minimum atomic E-state index is -0.111. The lowest BCUT2D eigenvalue weighted by Gasteiger charge is -2.28. The fraction of sp³-hybridized carbons (Fsp3) is 0.562. The van der Waals surface area contributed by atoms with E-state index in [4.69, 9.17) is 9.47 Å². The van der Waals surface area contributed by atoms with Crippen molar-refractivity contribution in [2.45, 2.75) is 32.2 Å². The van der Waals surface area contributed by atoms with Gasteiger partial charge in [-0.15, -0.1) is 0 Å². The lowest BCUT2D eigenvalue weighted by atomic mass is 10.0. The van der Waals surface area contributed by atoms with Crippen LogP contribution in [0, 0.1) is 11.3 Å².